The van der Waals surface area contributed by atoms with Gasteiger partial charge in [0.2, 0.25) is 0 Å². The van der Waals surface area contributed by atoms with Gasteiger partial charge in [-0.3, -0.25) is 0 Å². The molecule has 0 radical (unpaired) electrons. The Labute approximate surface area is 106 Å². The Morgan fingerprint density at radius 2 is 1.89 bits per heavy atom. The molecule has 0 saturated heterocycles. The summed E-state index contributed by atoms with van der Waals surface area (Å²) in [5, 5.41) is 0. The lowest BCUT2D eigenvalue weighted by Gasteiger charge is -2.09. The maximum atomic E-state index is 12.3. The highest BCUT2D eigenvalue weighted by Gasteiger charge is 2.29. The summed E-state index contributed by atoms with van der Waals surface area (Å²) in [4.78, 5) is 10.9. The van der Waals surface area contributed by atoms with Crippen LogP contribution < -0.4 is 0 Å². The lowest BCUT2D eigenvalue weighted by atomic mass is 10.1. The van der Waals surface area contributed by atoms with E-state index in [2.05, 4.69) is 9.47 Å². The molecule has 100 valence electrons. The summed E-state index contributed by atoms with van der Waals surface area (Å²) in [6, 6.07) is 4.27. The molecule has 0 N–H and O–H groups in total. The van der Waals surface area contributed by atoms with Crippen molar-refractivity contribution in [1.82, 2.24) is 0 Å². The van der Waals surface area contributed by atoms with Gasteiger partial charge >= 0.3 is 12.3 Å². The highest BCUT2D eigenvalue weighted by Crippen LogP contribution is 2.29. The van der Waals surface area contributed by atoms with Gasteiger partial charge in [-0.2, -0.15) is 13.2 Å². The topological polar surface area (TPSA) is 35.5 Å². The van der Waals surface area contributed by atoms with Crippen molar-refractivity contribution >= 4 is 17.8 Å². The van der Waals surface area contributed by atoms with Crippen molar-refractivity contribution in [3.63, 3.8) is 0 Å². The number of halogens is 4. The summed E-state index contributed by atoms with van der Waals surface area (Å²) in [7, 11) is 0. The van der Waals surface area contributed by atoms with Crippen LogP contribution in [0, 0.1) is 0 Å². The first-order valence-corrected chi connectivity index (χ1v) is 5.36. The molecule has 0 aliphatic rings. The van der Waals surface area contributed by atoms with E-state index in [4.69, 9.17) is 11.6 Å². The van der Waals surface area contributed by atoms with E-state index in [1.165, 1.54) is 19.1 Å². The standard InChI is InChI=1S/C11H10ClF3O3/c1-7(12)18-10(16)17-6-8-2-4-9(5-3-8)11(13,14)15/h2-5,7H,6H2,1H3/t7-/m0/s1. The largest absolute Gasteiger partial charge is 0.510 e. The van der Waals surface area contributed by atoms with Gasteiger partial charge in [-0.05, 0) is 24.6 Å². The zero-order valence-corrected chi connectivity index (χ0v) is 10.1. The zero-order valence-electron chi connectivity index (χ0n) is 9.33. The summed E-state index contributed by atoms with van der Waals surface area (Å²) in [5.41, 5.74) is -1.17. The monoisotopic (exact) mass is 282 g/mol. The molecule has 0 fully saturated rings. The van der Waals surface area contributed by atoms with Crippen LogP contribution in [0.3, 0.4) is 0 Å². The Morgan fingerprint density at radius 1 is 1.33 bits per heavy atom. The van der Waals surface area contributed by atoms with E-state index in [0.29, 0.717) is 5.56 Å². The van der Waals surface area contributed by atoms with Gasteiger partial charge in [-0.15, -0.1) is 0 Å². The Kier molecular flexibility index (Phi) is 4.84. The lowest BCUT2D eigenvalue weighted by Crippen LogP contribution is -2.11. The SMILES string of the molecule is C[C@@H](Cl)OC(=O)OCc1ccc(C(F)(F)F)cc1. The maximum Gasteiger partial charge on any atom is 0.510 e. The van der Waals surface area contributed by atoms with Crippen molar-refractivity contribution < 1.29 is 27.4 Å². The van der Waals surface area contributed by atoms with Crippen LogP contribution >= 0.6 is 11.6 Å². The van der Waals surface area contributed by atoms with Gasteiger partial charge in [0.1, 0.15) is 6.61 Å². The molecule has 0 saturated carbocycles. The molecule has 18 heavy (non-hydrogen) atoms. The molecule has 0 aromatic heterocycles. The highest BCUT2D eigenvalue weighted by molar-refractivity contribution is 6.19. The van der Waals surface area contributed by atoms with Crippen molar-refractivity contribution in [2.24, 2.45) is 0 Å². The van der Waals surface area contributed by atoms with E-state index in [1.54, 1.807) is 0 Å². The molecule has 1 rings (SSSR count). The molecular weight excluding hydrogens is 273 g/mol. The van der Waals surface area contributed by atoms with Crippen LogP contribution in [0.1, 0.15) is 18.1 Å². The number of rotatable bonds is 3. The van der Waals surface area contributed by atoms with Crippen LogP contribution in [0.2, 0.25) is 0 Å². The molecular formula is C11H10ClF3O3. The second-order valence-corrected chi connectivity index (χ2v) is 4.01. The van der Waals surface area contributed by atoms with Crippen LogP contribution in [0.25, 0.3) is 0 Å². The first-order valence-electron chi connectivity index (χ1n) is 4.92. The minimum Gasteiger partial charge on any atom is -0.429 e. The smallest absolute Gasteiger partial charge is 0.429 e. The summed E-state index contributed by atoms with van der Waals surface area (Å²) >= 11 is 5.38. The van der Waals surface area contributed by atoms with Gasteiger partial charge in [-0.1, -0.05) is 23.7 Å². The Hall–Kier alpha value is -1.43. The van der Waals surface area contributed by atoms with Crippen molar-refractivity contribution in [2.45, 2.75) is 25.3 Å². The summed E-state index contributed by atoms with van der Waals surface area (Å²) < 4.78 is 45.9. The van der Waals surface area contributed by atoms with Gasteiger partial charge in [-0.25, -0.2) is 4.79 Å². The van der Waals surface area contributed by atoms with Gasteiger partial charge < -0.3 is 9.47 Å². The predicted octanol–water partition coefficient (Wildman–Crippen LogP) is 3.94. The second kappa shape index (κ2) is 5.95. The number of carbonyl (C=O) groups is 1. The molecule has 1 aromatic rings. The third-order valence-electron chi connectivity index (χ3n) is 1.90. The molecule has 0 heterocycles. The number of carbonyl (C=O) groups excluding carboxylic acids is 1. The summed E-state index contributed by atoms with van der Waals surface area (Å²) in [5.74, 6) is 0. The van der Waals surface area contributed by atoms with Crippen molar-refractivity contribution in [3.8, 4) is 0 Å². The van der Waals surface area contributed by atoms with Crippen molar-refractivity contribution in [1.29, 1.82) is 0 Å². The molecule has 0 amide bonds. The van der Waals surface area contributed by atoms with E-state index in [9.17, 15) is 18.0 Å². The van der Waals surface area contributed by atoms with Crippen molar-refractivity contribution in [2.75, 3.05) is 0 Å². The van der Waals surface area contributed by atoms with Gasteiger partial charge in [0.15, 0.2) is 5.56 Å². The third kappa shape index (κ3) is 4.83. The zero-order chi connectivity index (χ0) is 13.8. The van der Waals surface area contributed by atoms with Crippen LogP contribution in [-0.4, -0.2) is 11.7 Å². The van der Waals surface area contributed by atoms with E-state index < -0.39 is 23.5 Å². The van der Waals surface area contributed by atoms with Crippen LogP contribution in [0.15, 0.2) is 24.3 Å². The molecule has 0 unspecified atom stereocenters. The number of hydrogen-bond acceptors (Lipinski definition) is 3. The Morgan fingerprint density at radius 3 is 2.33 bits per heavy atom. The number of benzene rings is 1. The molecule has 1 atom stereocenters. The highest BCUT2D eigenvalue weighted by atomic mass is 35.5. The predicted molar refractivity (Wildman–Crippen MR) is 58.0 cm³/mol. The molecule has 0 aliphatic carbocycles. The maximum absolute atomic E-state index is 12.3. The fourth-order valence-corrected chi connectivity index (χ4v) is 1.17. The van der Waals surface area contributed by atoms with Crippen LogP contribution in [0.5, 0.6) is 0 Å². The van der Waals surface area contributed by atoms with Crippen molar-refractivity contribution in [3.05, 3.63) is 35.4 Å². The average Bonchev–Trinajstić information content (AvgIpc) is 2.25. The first-order chi connectivity index (χ1) is 8.29. The molecule has 3 nitrogen and oxygen atoms in total. The fraction of sp³-hybridized carbons (Fsp3) is 0.364. The molecule has 7 heteroatoms. The minimum atomic E-state index is -4.38. The first kappa shape index (κ1) is 14.6. The minimum absolute atomic E-state index is 0.180. The average molecular weight is 283 g/mol. The van der Waals surface area contributed by atoms with Crippen LogP contribution in [0.4, 0.5) is 18.0 Å². The van der Waals surface area contributed by atoms with E-state index in [-0.39, 0.29) is 6.61 Å². The van der Waals surface area contributed by atoms with Gasteiger partial charge in [0.05, 0.1) is 5.56 Å². The number of alkyl halides is 4. The number of ether oxygens (including phenoxy) is 2. The van der Waals surface area contributed by atoms with E-state index >= 15 is 0 Å². The van der Waals surface area contributed by atoms with Gasteiger partial charge in [0, 0.05) is 0 Å². The lowest BCUT2D eigenvalue weighted by molar-refractivity contribution is -0.137. The molecule has 0 spiro atoms. The molecule has 1 aromatic carbocycles. The molecule has 0 bridgehead atoms. The number of hydrogen-bond donors (Lipinski definition) is 0. The van der Waals surface area contributed by atoms with E-state index in [0.717, 1.165) is 12.1 Å². The van der Waals surface area contributed by atoms with Crippen LogP contribution in [-0.2, 0) is 22.3 Å². The Bertz CT molecular complexity index is 401. The quantitative estimate of drug-likeness (QED) is 0.622. The molecule has 0 aliphatic heterocycles. The summed E-state index contributed by atoms with van der Waals surface area (Å²) in [6.07, 6.45) is -5.36. The second-order valence-electron chi connectivity index (χ2n) is 3.39. The third-order valence-corrected chi connectivity index (χ3v) is 1.99. The Balaban J connectivity index is 2.52. The summed E-state index contributed by atoms with van der Waals surface area (Å²) in [6.45, 7) is 1.25. The van der Waals surface area contributed by atoms with Gasteiger partial charge in [0.25, 0.3) is 0 Å². The normalized spacial score (nSPS) is 12.9. The fourth-order valence-electron chi connectivity index (χ4n) is 1.10. The van der Waals surface area contributed by atoms with E-state index in [1.807, 2.05) is 0 Å².